The predicted molar refractivity (Wildman–Crippen MR) is 104 cm³/mol. The van der Waals surface area contributed by atoms with Gasteiger partial charge < -0.3 is 21.3 Å². The number of hydrogen-bond acceptors (Lipinski definition) is 3. The van der Waals surface area contributed by atoms with Crippen molar-refractivity contribution in [1.29, 1.82) is 0 Å². The van der Waals surface area contributed by atoms with Crippen molar-refractivity contribution in [2.75, 3.05) is 19.6 Å². The molecule has 4 N–H and O–H groups in total. The number of rotatable bonds is 9. The number of amides is 4. The molecule has 4 amide bonds. The molecule has 1 fully saturated rings. The molecule has 0 spiro atoms. The van der Waals surface area contributed by atoms with Crippen LogP contribution in [0, 0.1) is 5.82 Å². The van der Waals surface area contributed by atoms with E-state index in [1.165, 1.54) is 24.6 Å². The van der Waals surface area contributed by atoms with E-state index < -0.39 is 11.7 Å². The molecular formula is C20H29FN4O3. The van der Waals surface area contributed by atoms with Crippen molar-refractivity contribution in [1.82, 2.24) is 21.3 Å². The summed E-state index contributed by atoms with van der Waals surface area (Å²) in [5, 5.41) is 11.0. The number of carbonyl (C=O) groups is 3. The van der Waals surface area contributed by atoms with E-state index in [2.05, 4.69) is 21.3 Å². The number of halogens is 1. The van der Waals surface area contributed by atoms with Crippen LogP contribution >= 0.6 is 0 Å². The van der Waals surface area contributed by atoms with Crippen molar-refractivity contribution in [3.8, 4) is 0 Å². The summed E-state index contributed by atoms with van der Waals surface area (Å²) < 4.78 is 13.5. The highest BCUT2D eigenvalue weighted by molar-refractivity contribution is 5.94. The first-order valence-electron chi connectivity index (χ1n) is 9.90. The Hall–Kier alpha value is -2.64. The smallest absolute Gasteiger partial charge is 0.315 e. The van der Waals surface area contributed by atoms with Gasteiger partial charge in [-0.2, -0.15) is 0 Å². The highest BCUT2D eigenvalue weighted by atomic mass is 19.1. The lowest BCUT2D eigenvalue weighted by molar-refractivity contribution is -0.121. The Morgan fingerprint density at radius 3 is 2.39 bits per heavy atom. The highest BCUT2D eigenvalue weighted by Crippen LogP contribution is 2.17. The van der Waals surface area contributed by atoms with Gasteiger partial charge in [-0.1, -0.05) is 31.4 Å². The molecule has 0 aromatic heterocycles. The summed E-state index contributed by atoms with van der Waals surface area (Å²) in [5.41, 5.74) is -0.0218. The van der Waals surface area contributed by atoms with Crippen LogP contribution in [-0.4, -0.2) is 43.5 Å². The Morgan fingerprint density at radius 2 is 1.64 bits per heavy atom. The number of nitrogens with one attached hydrogen (secondary N) is 4. The Morgan fingerprint density at radius 1 is 0.929 bits per heavy atom. The molecule has 7 nitrogen and oxygen atoms in total. The molecule has 0 aliphatic heterocycles. The predicted octanol–water partition coefficient (Wildman–Crippen LogP) is 2.08. The molecule has 8 heteroatoms. The lowest BCUT2D eigenvalue weighted by Gasteiger charge is -2.22. The molecule has 0 heterocycles. The van der Waals surface area contributed by atoms with Crippen molar-refractivity contribution in [3.63, 3.8) is 0 Å². The van der Waals surface area contributed by atoms with Gasteiger partial charge in [-0.05, 0) is 31.4 Å². The average Bonchev–Trinajstić information content (AvgIpc) is 2.69. The molecule has 0 saturated heterocycles. The van der Waals surface area contributed by atoms with Gasteiger partial charge in [0.15, 0.2) is 0 Å². The van der Waals surface area contributed by atoms with Crippen LogP contribution in [0.5, 0.6) is 0 Å². The van der Waals surface area contributed by atoms with Gasteiger partial charge in [0.2, 0.25) is 5.91 Å². The SMILES string of the molecule is O=C(CCCNC(=O)NC1CCCCC1)NCCNC(=O)c1ccccc1F. The van der Waals surface area contributed by atoms with Crippen LogP contribution in [0.4, 0.5) is 9.18 Å². The standard InChI is InChI=1S/C20H29FN4O3/c21-17-10-5-4-9-16(17)19(27)23-14-13-22-18(26)11-6-12-24-20(28)25-15-7-2-1-3-8-15/h4-5,9-10,15H,1-3,6-8,11-14H2,(H,22,26)(H,23,27)(H2,24,25,28). The van der Waals surface area contributed by atoms with Crippen LogP contribution in [-0.2, 0) is 4.79 Å². The molecular weight excluding hydrogens is 363 g/mol. The quantitative estimate of drug-likeness (QED) is 0.484. The lowest BCUT2D eigenvalue weighted by Crippen LogP contribution is -2.43. The van der Waals surface area contributed by atoms with E-state index in [1.807, 2.05) is 0 Å². The zero-order valence-electron chi connectivity index (χ0n) is 16.1. The molecule has 154 valence electrons. The molecule has 0 atom stereocenters. The fourth-order valence-corrected chi connectivity index (χ4v) is 3.14. The number of urea groups is 1. The van der Waals surface area contributed by atoms with Crippen molar-refractivity contribution >= 4 is 17.8 Å². The van der Waals surface area contributed by atoms with Gasteiger partial charge in [0.1, 0.15) is 5.82 Å². The highest BCUT2D eigenvalue weighted by Gasteiger charge is 2.15. The summed E-state index contributed by atoms with van der Waals surface area (Å²) in [4.78, 5) is 35.4. The van der Waals surface area contributed by atoms with Crippen molar-refractivity contribution in [2.24, 2.45) is 0 Å². The minimum atomic E-state index is -0.580. The molecule has 2 rings (SSSR count). The van der Waals surface area contributed by atoms with Crippen molar-refractivity contribution in [3.05, 3.63) is 35.6 Å². The first kappa shape index (κ1) is 21.7. The maximum Gasteiger partial charge on any atom is 0.315 e. The van der Waals surface area contributed by atoms with Gasteiger partial charge in [-0.15, -0.1) is 0 Å². The first-order valence-corrected chi connectivity index (χ1v) is 9.90. The average molecular weight is 392 g/mol. The van der Waals surface area contributed by atoms with Crippen LogP contribution in [0.1, 0.15) is 55.3 Å². The fraction of sp³-hybridized carbons (Fsp3) is 0.550. The minimum absolute atomic E-state index is 0.0218. The Labute approximate surface area is 164 Å². The molecule has 0 radical (unpaired) electrons. The van der Waals surface area contributed by atoms with Crippen LogP contribution in [0.25, 0.3) is 0 Å². The molecule has 1 aromatic carbocycles. The molecule has 28 heavy (non-hydrogen) atoms. The van der Waals surface area contributed by atoms with Gasteiger partial charge in [0.05, 0.1) is 5.56 Å². The second-order valence-corrected chi connectivity index (χ2v) is 6.92. The maximum absolute atomic E-state index is 13.5. The van der Waals surface area contributed by atoms with Crippen LogP contribution in [0.2, 0.25) is 0 Å². The van der Waals surface area contributed by atoms with E-state index in [4.69, 9.17) is 0 Å². The van der Waals surface area contributed by atoms with Gasteiger partial charge in [0, 0.05) is 32.1 Å². The summed E-state index contributed by atoms with van der Waals surface area (Å²) in [6, 6.07) is 5.81. The third-order valence-electron chi connectivity index (χ3n) is 4.66. The second-order valence-electron chi connectivity index (χ2n) is 6.92. The minimum Gasteiger partial charge on any atom is -0.354 e. The largest absolute Gasteiger partial charge is 0.354 e. The zero-order valence-corrected chi connectivity index (χ0v) is 16.1. The lowest BCUT2D eigenvalue weighted by atomic mass is 9.96. The first-order chi connectivity index (χ1) is 13.6. The monoisotopic (exact) mass is 392 g/mol. The molecule has 0 unspecified atom stereocenters. The van der Waals surface area contributed by atoms with E-state index in [0.29, 0.717) is 13.0 Å². The molecule has 0 bridgehead atoms. The Bertz CT molecular complexity index is 663. The van der Waals surface area contributed by atoms with E-state index in [9.17, 15) is 18.8 Å². The number of hydrogen-bond donors (Lipinski definition) is 4. The van der Waals surface area contributed by atoms with E-state index >= 15 is 0 Å². The summed E-state index contributed by atoms with van der Waals surface area (Å²) in [6.07, 6.45) is 6.43. The Kier molecular flexibility index (Phi) is 9.24. The summed E-state index contributed by atoms with van der Waals surface area (Å²) in [5.74, 6) is -1.25. The summed E-state index contributed by atoms with van der Waals surface area (Å²) in [7, 11) is 0. The molecule has 1 aromatic rings. The van der Waals surface area contributed by atoms with Crippen LogP contribution in [0.3, 0.4) is 0 Å². The van der Waals surface area contributed by atoms with Gasteiger partial charge >= 0.3 is 6.03 Å². The molecule has 1 aliphatic carbocycles. The zero-order chi connectivity index (χ0) is 20.2. The van der Waals surface area contributed by atoms with Crippen LogP contribution < -0.4 is 21.3 Å². The third-order valence-corrected chi connectivity index (χ3v) is 4.66. The molecule has 1 aliphatic rings. The van der Waals surface area contributed by atoms with E-state index in [0.717, 1.165) is 25.7 Å². The van der Waals surface area contributed by atoms with Crippen molar-refractivity contribution in [2.45, 2.75) is 51.0 Å². The summed E-state index contributed by atoms with van der Waals surface area (Å²) >= 11 is 0. The molecule has 1 saturated carbocycles. The third kappa shape index (κ3) is 7.94. The topological polar surface area (TPSA) is 99.3 Å². The van der Waals surface area contributed by atoms with Crippen LogP contribution in [0.15, 0.2) is 24.3 Å². The summed E-state index contributed by atoms with van der Waals surface area (Å²) in [6.45, 7) is 0.894. The maximum atomic E-state index is 13.5. The second kappa shape index (κ2) is 11.9. The van der Waals surface area contributed by atoms with Gasteiger partial charge in [-0.25, -0.2) is 9.18 Å². The number of carbonyl (C=O) groups excluding carboxylic acids is 3. The normalized spacial score (nSPS) is 14.2. The van der Waals surface area contributed by atoms with Gasteiger partial charge in [0.25, 0.3) is 5.91 Å². The fourth-order valence-electron chi connectivity index (χ4n) is 3.14. The van der Waals surface area contributed by atoms with E-state index in [-0.39, 0.29) is 43.1 Å². The van der Waals surface area contributed by atoms with E-state index in [1.54, 1.807) is 6.07 Å². The van der Waals surface area contributed by atoms with Crippen molar-refractivity contribution < 1.29 is 18.8 Å². The number of benzene rings is 1. The Balaban J connectivity index is 1.49. The van der Waals surface area contributed by atoms with Gasteiger partial charge in [-0.3, -0.25) is 9.59 Å².